The maximum atomic E-state index is 11.1. The van der Waals surface area contributed by atoms with Gasteiger partial charge in [-0.3, -0.25) is 4.90 Å². The maximum absolute atomic E-state index is 11.1. The standard InChI is InChI=1S/C15H21NO/c17-13-15(16-11-4-5-12-16)10-6-9-14-7-2-1-3-8-14/h1-3,7-8,13,15H,4-6,9-12H2. The molecule has 1 fully saturated rings. The van der Waals surface area contributed by atoms with Crippen molar-refractivity contribution in [1.82, 2.24) is 4.90 Å². The van der Waals surface area contributed by atoms with Crippen LogP contribution in [-0.2, 0) is 11.2 Å². The number of nitrogens with zero attached hydrogens (tertiary/aromatic N) is 1. The van der Waals surface area contributed by atoms with Crippen molar-refractivity contribution >= 4 is 6.29 Å². The van der Waals surface area contributed by atoms with Crippen LogP contribution in [0.2, 0.25) is 0 Å². The Kier molecular flexibility index (Phi) is 4.75. The molecule has 0 saturated carbocycles. The van der Waals surface area contributed by atoms with Gasteiger partial charge in [0.25, 0.3) is 0 Å². The van der Waals surface area contributed by atoms with Crippen molar-refractivity contribution < 1.29 is 4.79 Å². The molecule has 1 aliphatic rings. The minimum atomic E-state index is 0.154. The van der Waals surface area contributed by atoms with Gasteiger partial charge in [-0.05, 0) is 50.8 Å². The minimum absolute atomic E-state index is 0.154. The zero-order valence-corrected chi connectivity index (χ0v) is 10.3. The van der Waals surface area contributed by atoms with E-state index in [0.717, 1.165) is 38.6 Å². The SMILES string of the molecule is O=CC(CCCc1ccccc1)N1CCCC1. The number of hydrogen-bond donors (Lipinski definition) is 0. The van der Waals surface area contributed by atoms with Crippen LogP contribution in [0.3, 0.4) is 0 Å². The molecular formula is C15H21NO. The summed E-state index contributed by atoms with van der Waals surface area (Å²) >= 11 is 0. The van der Waals surface area contributed by atoms with E-state index in [0.29, 0.717) is 0 Å². The van der Waals surface area contributed by atoms with E-state index in [9.17, 15) is 4.79 Å². The first-order valence-electron chi connectivity index (χ1n) is 6.63. The Morgan fingerprint density at radius 2 is 1.88 bits per heavy atom. The average molecular weight is 231 g/mol. The highest BCUT2D eigenvalue weighted by Gasteiger charge is 2.20. The van der Waals surface area contributed by atoms with Gasteiger partial charge in [0.05, 0.1) is 6.04 Å². The molecule has 2 heteroatoms. The van der Waals surface area contributed by atoms with Gasteiger partial charge in [0.1, 0.15) is 6.29 Å². The van der Waals surface area contributed by atoms with E-state index >= 15 is 0 Å². The van der Waals surface area contributed by atoms with Gasteiger partial charge in [0.15, 0.2) is 0 Å². The van der Waals surface area contributed by atoms with Gasteiger partial charge in [0.2, 0.25) is 0 Å². The van der Waals surface area contributed by atoms with E-state index in [1.807, 2.05) is 6.07 Å². The summed E-state index contributed by atoms with van der Waals surface area (Å²) in [4.78, 5) is 13.4. The summed E-state index contributed by atoms with van der Waals surface area (Å²) in [7, 11) is 0. The molecule has 0 aromatic heterocycles. The molecule has 1 aliphatic heterocycles. The number of carbonyl (C=O) groups excluding carboxylic acids is 1. The van der Waals surface area contributed by atoms with Crippen molar-refractivity contribution in [2.75, 3.05) is 13.1 Å². The third-order valence-electron chi connectivity index (χ3n) is 3.57. The molecule has 2 nitrogen and oxygen atoms in total. The molecular weight excluding hydrogens is 210 g/mol. The first kappa shape index (κ1) is 12.3. The quantitative estimate of drug-likeness (QED) is 0.702. The summed E-state index contributed by atoms with van der Waals surface area (Å²) < 4.78 is 0. The van der Waals surface area contributed by atoms with E-state index < -0.39 is 0 Å². The van der Waals surface area contributed by atoms with Crippen LogP contribution in [0.1, 0.15) is 31.2 Å². The molecule has 1 heterocycles. The zero-order valence-electron chi connectivity index (χ0n) is 10.3. The summed E-state index contributed by atoms with van der Waals surface area (Å²) in [5, 5.41) is 0. The molecule has 0 amide bonds. The second kappa shape index (κ2) is 6.55. The molecule has 2 rings (SSSR count). The normalized spacial score (nSPS) is 18.1. The van der Waals surface area contributed by atoms with E-state index in [1.54, 1.807) is 0 Å². The highest BCUT2D eigenvalue weighted by molar-refractivity contribution is 5.57. The van der Waals surface area contributed by atoms with Crippen LogP contribution < -0.4 is 0 Å². The number of aryl methyl sites for hydroxylation is 1. The maximum Gasteiger partial charge on any atom is 0.137 e. The fourth-order valence-electron chi connectivity index (χ4n) is 2.57. The topological polar surface area (TPSA) is 20.3 Å². The van der Waals surface area contributed by atoms with Crippen molar-refractivity contribution in [3.05, 3.63) is 35.9 Å². The highest BCUT2D eigenvalue weighted by Crippen LogP contribution is 2.15. The fourth-order valence-corrected chi connectivity index (χ4v) is 2.57. The van der Waals surface area contributed by atoms with Crippen molar-refractivity contribution in [3.8, 4) is 0 Å². The lowest BCUT2D eigenvalue weighted by atomic mass is 10.0. The summed E-state index contributed by atoms with van der Waals surface area (Å²) in [6.07, 6.45) is 6.82. The molecule has 0 radical (unpaired) electrons. The molecule has 0 aliphatic carbocycles. The lowest BCUT2D eigenvalue weighted by molar-refractivity contribution is -0.112. The van der Waals surface area contributed by atoms with Gasteiger partial charge >= 0.3 is 0 Å². The number of likely N-dealkylation sites (tertiary alicyclic amines) is 1. The second-order valence-corrected chi connectivity index (χ2v) is 4.82. The van der Waals surface area contributed by atoms with Gasteiger partial charge in [-0.2, -0.15) is 0 Å². The predicted octanol–water partition coefficient (Wildman–Crippen LogP) is 2.67. The molecule has 1 aromatic carbocycles. The summed E-state index contributed by atoms with van der Waals surface area (Å²) in [6, 6.07) is 10.7. The Balaban J connectivity index is 1.74. The predicted molar refractivity (Wildman–Crippen MR) is 70.0 cm³/mol. The second-order valence-electron chi connectivity index (χ2n) is 4.82. The van der Waals surface area contributed by atoms with E-state index in [2.05, 4.69) is 29.2 Å². The molecule has 1 unspecified atom stereocenters. The third-order valence-corrected chi connectivity index (χ3v) is 3.57. The van der Waals surface area contributed by atoms with Gasteiger partial charge in [-0.15, -0.1) is 0 Å². The molecule has 17 heavy (non-hydrogen) atoms. The van der Waals surface area contributed by atoms with Crippen molar-refractivity contribution in [1.29, 1.82) is 0 Å². The van der Waals surface area contributed by atoms with Gasteiger partial charge < -0.3 is 4.79 Å². The van der Waals surface area contributed by atoms with E-state index in [4.69, 9.17) is 0 Å². The fraction of sp³-hybridized carbons (Fsp3) is 0.533. The highest BCUT2D eigenvalue weighted by atomic mass is 16.1. The van der Waals surface area contributed by atoms with Crippen LogP contribution in [0.25, 0.3) is 0 Å². The lowest BCUT2D eigenvalue weighted by Crippen LogP contribution is -2.33. The molecule has 0 bridgehead atoms. The van der Waals surface area contributed by atoms with Crippen LogP contribution in [0.4, 0.5) is 0 Å². The molecule has 0 N–H and O–H groups in total. The van der Waals surface area contributed by atoms with E-state index in [-0.39, 0.29) is 6.04 Å². The number of hydrogen-bond acceptors (Lipinski definition) is 2. The smallest absolute Gasteiger partial charge is 0.137 e. The molecule has 0 spiro atoms. The summed E-state index contributed by atoms with van der Waals surface area (Å²) in [5.41, 5.74) is 1.37. The molecule has 1 aromatic rings. The lowest BCUT2D eigenvalue weighted by Gasteiger charge is -2.22. The average Bonchev–Trinajstić information content (AvgIpc) is 2.90. The van der Waals surface area contributed by atoms with Gasteiger partial charge in [-0.1, -0.05) is 30.3 Å². The Hall–Kier alpha value is -1.15. The molecule has 1 saturated heterocycles. The van der Waals surface area contributed by atoms with Gasteiger partial charge in [0, 0.05) is 0 Å². The van der Waals surface area contributed by atoms with Crippen LogP contribution in [0, 0.1) is 0 Å². The van der Waals surface area contributed by atoms with Crippen molar-refractivity contribution in [2.24, 2.45) is 0 Å². The Morgan fingerprint density at radius 1 is 1.18 bits per heavy atom. The Bertz CT molecular complexity index is 330. The summed E-state index contributed by atoms with van der Waals surface area (Å²) in [5.74, 6) is 0. The van der Waals surface area contributed by atoms with Crippen molar-refractivity contribution in [2.45, 2.75) is 38.1 Å². The molecule has 1 atom stereocenters. The monoisotopic (exact) mass is 231 g/mol. The first-order valence-corrected chi connectivity index (χ1v) is 6.63. The van der Waals surface area contributed by atoms with Crippen LogP contribution in [0.5, 0.6) is 0 Å². The molecule has 92 valence electrons. The largest absolute Gasteiger partial charge is 0.302 e. The zero-order chi connectivity index (χ0) is 11.9. The van der Waals surface area contributed by atoms with Crippen LogP contribution in [0.15, 0.2) is 30.3 Å². The summed E-state index contributed by atoms with van der Waals surface area (Å²) in [6.45, 7) is 2.21. The number of aldehydes is 1. The van der Waals surface area contributed by atoms with Crippen LogP contribution in [-0.4, -0.2) is 30.3 Å². The first-order chi connectivity index (χ1) is 8.40. The van der Waals surface area contributed by atoms with Crippen LogP contribution >= 0.6 is 0 Å². The number of benzene rings is 1. The van der Waals surface area contributed by atoms with E-state index in [1.165, 1.54) is 18.4 Å². The minimum Gasteiger partial charge on any atom is -0.302 e. The third kappa shape index (κ3) is 3.67. The Labute approximate surface area is 104 Å². The number of rotatable bonds is 6. The van der Waals surface area contributed by atoms with Crippen molar-refractivity contribution in [3.63, 3.8) is 0 Å². The Morgan fingerprint density at radius 3 is 2.53 bits per heavy atom. The van der Waals surface area contributed by atoms with Gasteiger partial charge in [-0.25, -0.2) is 0 Å². The number of carbonyl (C=O) groups is 1.